The number of nitrogens with one attached hydrogen (secondary N) is 1. The van der Waals surface area contributed by atoms with E-state index < -0.39 is 12.2 Å². The van der Waals surface area contributed by atoms with Crippen molar-refractivity contribution in [2.24, 2.45) is 0 Å². The van der Waals surface area contributed by atoms with Gasteiger partial charge >= 0.3 is 0 Å². The molecule has 0 spiro atoms. The third kappa shape index (κ3) is 3.76. The lowest BCUT2D eigenvalue weighted by Gasteiger charge is -2.33. The zero-order chi connectivity index (χ0) is 18.8. The number of hydrogen-bond acceptors (Lipinski definition) is 4. The summed E-state index contributed by atoms with van der Waals surface area (Å²) >= 11 is 0. The fourth-order valence-electron chi connectivity index (χ4n) is 3.57. The van der Waals surface area contributed by atoms with E-state index in [2.05, 4.69) is 5.32 Å². The van der Waals surface area contributed by atoms with E-state index in [4.69, 9.17) is 14.2 Å². The highest BCUT2D eigenvalue weighted by atomic mass is 19.1. The van der Waals surface area contributed by atoms with E-state index >= 15 is 0 Å². The molecule has 0 radical (unpaired) electrons. The number of benzene rings is 2. The molecule has 0 unspecified atom stereocenters. The average molecular weight is 371 g/mol. The third-order valence-corrected chi connectivity index (χ3v) is 4.96. The first kappa shape index (κ1) is 17.8. The Hall–Kier alpha value is -2.60. The van der Waals surface area contributed by atoms with Crippen LogP contribution in [0.1, 0.15) is 31.4 Å². The van der Waals surface area contributed by atoms with Crippen LogP contribution in [0, 0.1) is 5.82 Å². The van der Waals surface area contributed by atoms with Crippen molar-refractivity contribution in [1.29, 1.82) is 0 Å². The summed E-state index contributed by atoms with van der Waals surface area (Å²) in [5.74, 6) is 0.585. The first-order valence-corrected chi connectivity index (χ1v) is 9.21. The fourth-order valence-corrected chi connectivity index (χ4v) is 3.57. The van der Waals surface area contributed by atoms with Gasteiger partial charge in [0.2, 0.25) is 6.10 Å². The topological polar surface area (TPSA) is 56.8 Å². The number of ether oxygens (including phenoxy) is 3. The largest absolute Gasteiger partial charge is 0.482 e. The van der Waals surface area contributed by atoms with E-state index in [0.29, 0.717) is 18.1 Å². The fraction of sp³-hybridized carbons (Fsp3) is 0.381. The monoisotopic (exact) mass is 371 g/mol. The molecule has 0 aliphatic carbocycles. The Morgan fingerprint density at radius 1 is 1.11 bits per heavy atom. The van der Waals surface area contributed by atoms with E-state index in [9.17, 15) is 9.18 Å². The van der Waals surface area contributed by atoms with Gasteiger partial charge in [-0.1, -0.05) is 24.3 Å². The van der Waals surface area contributed by atoms with Crippen molar-refractivity contribution >= 4 is 5.91 Å². The second-order valence-corrected chi connectivity index (χ2v) is 6.90. The van der Waals surface area contributed by atoms with Crippen LogP contribution in [0.25, 0.3) is 0 Å². The Balaban J connectivity index is 1.54. The van der Waals surface area contributed by atoms with Crippen LogP contribution in [0.2, 0.25) is 0 Å². The standard InChI is InChI=1S/C21H22FNO4/c1-13-20(27-17-6-3-2-5-16(17)26-13)21(24)23-19(18-7-4-12-25-18)14-8-10-15(22)11-9-14/h2-3,5-6,8-11,13,18-20H,4,7,12H2,1H3,(H,23,24)/t13-,18-,19+,20-/m0/s1. The Labute approximate surface area is 157 Å². The Morgan fingerprint density at radius 3 is 2.48 bits per heavy atom. The van der Waals surface area contributed by atoms with Gasteiger partial charge in [-0.2, -0.15) is 0 Å². The van der Waals surface area contributed by atoms with Crippen molar-refractivity contribution < 1.29 is 23.4 Å². The molecule has 1 fully saturated rings. The molecule has 1 amide bonds. The molecule has 4 atom stereocenters. The molecule has 2 aromatic carbocycles. The van der Waals surface area contributed by atoms with Crippen LogP contribution in [0.4, 0.5) is 4.39 Å². The summed E-state index contributed by atoms with van der Waals surface area (Å²) in [5.41, 5.74) is 0.807. The number of hydrogen-bond donors (Lipinski definition) is 1. The van der Waals surface area contributed by atoms with Crippen LogP contribution in [0.15, 0.2) is 48.5 Å². The van der Waals surface area contributed by atoms with E-state index in [1.165, 1.54) is 12.1 Å². The lowest BCUT2D eigenvalue weighted by Crippen LogP contribution is -2.51. The van der Waals surface area contributed by atoms with Gasteiger partial charge in [0.15, 0.2) is 11.5 Å². The molecule has 0 saturated carbocycles. The number of carbonyl (C=O) groups is 1. The molecule has 0 bridgehead atoms. The first-order valence-electron chi connectivity index (χ1n) is 9.21. The van der Waals surface area contributed by atoms with E-state index in [1.807, 2.05) is 18.2 Å². The minimum absolute atomic E-state index is 0.147. The molecule has 2 aromatic rings. The molecule has 1 saturated heterocycles. The molecule has 27 heavy (non-hydrogen) atoms. The van der Waals surface area contributed by atoms with Gasteiger partial charge in [0.05, 0.1) is 12.1 Å². The number of fused-ring (bicyclic) bond motifs is 1. The number of halogens is 1. The van der Waals surface area contributed by atoms with Crippen LogP contribution in [0.5, 0.6) is 11.5 Å². The molecule has 0 aromatic heterocycles. The zero-order valence-corrected chi connectivity index (χ0v) is 15.1. The summed E-state index contributed by atoms with van der Waals surface area (Å²) in [6.45, 7) is 2.46. The molecule has 4 rings (SSSR count). The molecular weight excluding hydrogens is 349 g/mol. The summed E-state index contributed by atoms with van der Waals surface area (Å²) in [6.07, 6.45) is 0.419. The molecule has 142 valence electrons. The van der Waals surface area contributed by atoms with E-state index in [-0.39, 0.29) is 23.9 Å². The van der Waals surface area contributed by atoms with Crippen LogP contribution >= 0.6 is 0 Å². The molecule has 2 aliphatic rings. The number of amides is 1. The van der Waals surface area contributed by atoms with Gasteiger partial charge in [-0.25, -0.2) is 4.39 Å². The number of para-hydroxylation sites is 2. The smallest absolute Gasteiger partial charge is 0.265 e. The highest BCUT2D eigenvalue weighted by molar-refractivity contribution is 5.82. The van der Waals surface area contributed by atoms with Gasteiger partial charge in [-0.05, 0) is 49.6 Å². The zero-order valence-electron chi connectivity index (χ0n) is 15.1. The molecular formula is C21H22FNO4. The highest BCUT2D eigenvalue weighted by Gasteiger charge is 2.37. The second kappa shape index (κ2) is 7.56. The Morgan fingerprint density at radius 2 is 1.81 bits per heavy atom. The van der Waals surface area contributed by atoms with Gasteiger partial charge in [0.1, 0.15) is 11.9 Å². The van der Waals surface area contributed by atoms with Crippen molar-refractivity contribution in [1.82, 2.24) is 5.32 Å². The van der Waals surface area contributed by atoms with Gasteiger partial charge in [-0.3, -0.25) is 4.79 Å². The minimum Gasteiger partial charge on any atom is -0.482 e. The molecule has 1 N–H and O–H groups in total. The van der Waals surface area contributed by atoms with Crippen LogP contribution < -0.4 is 14.8 Å². The Bertz CT molecular complexity index is 804. The average Bonchev–Trinajstić information content (AvgIpc) is 3.20. The van der Waals surface area contributed by atoms with Gasteiger partial charge in [0, 0.05) is 6.61 Å². The van der Waals surface area contributed by atoms with Crippen molar-refractivity contribution in [3.05, 3.63) is 59.9 Å². The van der Waals surface area contributed by atoms with Crippen LogP contribution in [0.3, 0.4) is 0 Å². The number of carbonyl (C=O) groups excluding carboxylic acids is 1. The third-order valence-electron chi connectivity index (χ3n) is 4.96. The summed E-state index contributed by atoms with van der Waals surface area (Å²) in [6, 6.07) is 13.1. The molecule has 5 nitrogen and oxygen atoms in total. The lowest BCUT2D eigenvalue weighted by molar-refractivity contribution is -0.135. The van der Waals surface area contributed by atoms with Crippen LogP contribution in [-0.2, 0) is 9.53 Å². The second-order valence-electron chi connectivity index (χ2n) is 6.90. The first-order chi connectivity index (χ1) is 13.1. The molecule has 2 aliphatic heterocycles. The quantitative estimate of drug-likeness (QED) is 0.895. The molecule has 2 heterocycles. The van der Waals surface area contributed by atoms with E-state index in [0.717, 1.165) is 18.4 Å². The maximum absolute atomic E-state index is 13.3. The highest BCUT2D eigenvalue weighted by Crippen LogP contribution is 2.34. The molecule has 6 heteroatoms. The predicted octanol–water partition coefficient (Wildman–Crippen LogP) is 3.39. The van der Waals surface area contributed by atoms with Crippen molar-refractivity contribution in [2.45, 2.75) is 44.1 Å². The summed E-state index contributed by atoms with van der Waals surface area (Å²) in [4.78, 5) is 13.0. The van der Waals surface area contributed by atoms with Gasteiger partial charge < -0.3 is 19.5 Å². The van der Waals surface area contributed by atoms with Gasteiger partial charge in [-0.15, -0.1) is 0 Å². The Kier molecular flexibility index (Phi) is 4.99. The van der Waals surface area contributed by atoms with Crippen LogP contribution in [-0.4, -0.2) is 30.8 Å². The summed E-state index contributed by atoms with van der Waals surface area (Å²) in [7, 11) is 0. The van der Waals surface area contributed by atoms with Crippen molar-refractivity contribution in [3.8, 4) is 11.5 Å². The normalized spacial score (nSPS) is 25.0. The van der Waals surface area contributed by atoms with E-state index in [1.54, 1.807) is 25.1 Å². The summed E-state index contributed by atoms with van der Waals surface area (Å²) < 4.78 is 30.8. The van der Waals surface area contributed by atoms with Gasteiger partial charge in [0.25, 0.3) is 5.91 Å². The number of rotatable bonds is 4. The van der Waals surface area contributed by atoms with Crippen molar-refractivity contribution in [2.75, 3.05) is 6.61 Å². The SMILES string of the molecule is C[C@@H]1Oc2ccccc2O[C@@H]1C(=O)N[C@H](c1ccc(F)cc1)[C@@H]1CCCO1. The summed E-state index contributed by atoms with van der Waals surface area (Å²) in [5, 5.41) is 3.03. The maximum Gasteiger partial charge on any atom is 0.265 e. The minimum atomic E-state index is -0.774. The maximum atomic E-state index is 13.3. The predicted molar refractivity (Wildman–Crippen MR) is 97.2 cm³/mol. The lowest BCUT2D eigenvalue weighted by atomic mass is 9.98. The van der Waals surface area contributed by atoms with Crippen molar-refractivity contribution in [3.63, 3.8) is 0 Å².